The largest absolute Gasteiger partial charge is 0.279 e. The SMILES string of the molecule is O=S(=O)(NCc1ccc(Cl)s1)c1c(Cl)nc2sccn12. The number of rotatable bonds is 4. The first kappa shape index (κ1) is 14.3. The van der Waals surface area contributed by atoms with Gasteiger partial charge in [-0.1, -0.05) is 23.2 Å². The molecule has 1 N–H and O–H groups in total. The van der Waals surface area contributed by atoms with Crippen LogP contribution in [0.5, 0.6) is 0 Å². The van der Waals surface area contributed by atoms with E-state index in [1.54, 1.807) is 23.7 Å². The zero-order valence-electron chi connectivity index (χ0n) is 9.71. The van der Waals surface area contributed by atoms with Gasteiger partial charge in [0.1, 0.15) is 0 Å². The van der Waals surface area contributed by atoms with Crippen molar-refractivity contribution in [2.75, 3.05) is 0 Å². The van der Waals surface area contributed by atoms with Gasteiger partial charge in [0, 0.05) is 23.0 Å². The molecular weight excluding hydrogens is 361 g/mol. The van der Waals surface area contributed by atoms with E-state index in [1.807, 2.05) is 0 Å². The van der Waals surface area contributed by atoms with Crippen molar-refractivity contribution in [3.05, 3.63) is 38.1 Å². The molecule has 0 amide bonds. The highest BCUT2D eigenvalue weighted by molar-refractivity contribution is 7.89. The smallest absolute Gasteiger partial charge is 0.260 e. The van der Waals surface area contributed by atoms with Gasteiger partial charge < -0.3 is 0 Å². The molecule has 3 aromatic rings. The first-order valence-electron chi connectivity index (χ1n) is 5.32. The Morgan fingerprint density at radius 3 is 2.85 bits per heavy atom. The van der Waals surface area contributed by atoms with E-state index >= 15 is 0 Å². The number of thiazole rings is 1. The molecule has 0 spiro atoms. The predicted molar refractivity (Wildman–Crippen MR) is 81.4 cm³/mol. The zero-order valence-corrected chi connectivity index (χ0v) is 13.7. The van der Waals surface area contributed by atoms with Crippen molar-refractivity contribution in [1.29, 1.82) is 0 Å². The summed E-state index contributed by atoms with van der Waals surface area (Å²) in [5.41, 5.74) is 0. The molecule has 0 saturated carbocycles. The fraction of sp³-hybridized carbons (Fsp3) is 0.100. The van der Waals surface area contributed by atoms with Crippen molar-refractivity contribution in [1.82, 2.24) is 14.1 Å². The lowest BCUT2D eigenvalue weighted by Gasteiger charge is -2.04. The number of imidazole rings is 1. The van der Waals surface area contributed by atoms with Crippen LogP contribution in [0.15, 0.2) is 28.7 Å². The Kier molecular flexibility index (Phi) is 3.78. The molecule has 0 aliphatic rings. The third-order valence-electron chi connectivity index (χ3n) is 2.50. The summed E-state index contributed by atoms with van der Waals surface area (Å²) in [6, 6.07) is 3.49. The first-order valence-corrected chi connectivity index (χ1v) is 9.26. The third-order valence-corrected chi connectivity index (χ3v) is 6.29. The molecule has 0 fully saturated rings. The number of aromatic nitrogens is 2. The number of thiophene rings is 1. The van der Waals surface area contributed by atoms with Crippen LogP contribution in [0.4, 0.5) is 0 Å². The predicted octanol–water partition coefficient (Wildman–Crippen LogP) is 3.24. The van der Waals surface area contributed by atoms with Gasteiger partial charge in [0.05, 0.1) is 4.34 Å². The number of hydrogen-bond acceptors (Lipinski definition) is 5. The van der Waals surface area contributed by atoms with Crippen LogP contribution in [0, 0.1) is 0 Å². The summed E-state index contributed by atoms with van der Waals surface area (Å²) in [5, 5.41) is 1.67. The molecule has 0 atom stereocenters. The molecular formula is C10H7Cl2N3O2S3. The van der Waals surface area contributed by atoms with Crippen LogP contribution in [-0.4, -0.2) is 17.8 Å². The van der Waals surface area contributed by atoms with Crippen molar-refractivity contribution in [2.45, 2.75) is 11.6 Å². The summed E-state index contributed by atoms with van der Waals surface area (Å²) < 4.78 is 29.2. The minimum atomic E-state index is -3.74. The minimum absolute atomic E-state index is 0.0337. The van der Waals surface area contributed by atoms with E-state index in [9.17, 15) is 8.42 Å². The van der Waals surface area contributed by atoms with Crippen LogP contribution in [0.1, 0.15) is 4.88 Å². The molecule has 10 heteroatoms. The van der Waals surface area contributed by atoms with Gasteiger partial charge >= 0.3 is 0 Å². The number of nitrogens with one attached hydrogen (secondary N) is 1. The number of sulfonamides is 1. The van der Waals surface area contributed by atoms with E-state index in [-0.39, 0.29) is 16.7 Å². The van der Waals surface area contributed by atoms with E-state index in [0.717, 1.165) is 4.88 Å². The average molecular weight is 368 g/mol. The number of fused-ring (bicyclic) bond motifs is 1. The third kappa shape index (κ3) is 2.59. The van der Waals surface area contributed by atoms with Crippen LogP contribution < -0.4 is 4.72 Å². The highest BCUT2D eigenvalue weighted by Crippen LogP contribution is 2.26. The van der Waals surface area contributed by atoms with Gasteiger partial charge in [0.15, 0.2) is 15.1 Å². The lowest BCUT2D eigenvalue weighted by atomic mass is 10.5. The molecule has 0 unspecified atom stereocenters. The van der Waals surface area contributed by atoms with Gasteiger partial charge in [-0.15, -0.1) is 22.7 Å². The van der Waals surface area contributed by atoms with E-state index in [2.05, 4.69) is 9.71 Å². The molecule has 0 aromatic carbocycles. The van der Waals surface area contributed by atoms with Gasteiger partial charge in [-0.05, 0) is 12.1 Å². The summed E-state index contributed by atoms with van der Waals surface area (Å²) in [6.07, 6.45) is 1.62. The Labute approximate surface area is 132 Å². The molecule has 3 rings (SSSR count). The molecule has 0 aliphatic heterocycles. The quantitative estimate of drug-likeness (QED) is 0.769. The molecule has 0 radical (unpaired) electrons. The van der Waals surface area contributed by atoms with Crippen molar-refractivity contribution in [3.8, 4) is 0 Å². The number of halogens is 2. The molecule has 106 valence electrons. The second kappa shape index (κ2) is 5.28. The highest BCUT2D eigenvalue weighted by Gasteiger charge is 2.24. The van der Waals surface area contributed by atoms with Crippen molar-refractivity contribution in [2.24, 2.45) is 0 Å². The van der Waals surface area contributed by atoms with Crippen LogP contribution in [0.2, 0.25) is 9.49 Å². The van der Waals surface area contributed by atoms with Crippen LogP contribution >= 0.6 is 45.9 Å². The maximum Gasteiger partial charge on any atom is 0.260 e. The van der Waals surface area contributed by atoms with Gasteiger partial charge in [0.25, 0.3) is 10.0 Å². The second-order valence-corrected chi connectivity index (χ2v) is 8.51. The minimum Gasteiger partial charge on any atom is -0.279 e. The molecule has 3 aromatic heterocycles. The Morgan fingerprint density at radius 1 is 1.35 bits per heavy atom. The summed E-state index contributed by atoms with van der Waals surface area (Å²) in [6.45, 7) is 0.160. The summed E-state index contributed by atoms with van der Waals surface area (Å²) >= 11 is 14.4. The topological polar surface area (TPSA) is 63.5 Å². The Bertz CT molecular complexity index is 865. The second-order valence-electron chi connectivity index (χ2n) is 3.79. The molecule has 0 saturated heterocycles. The van der Waals surface area contributed by atoms with Gasteiger partial charge in [0.2, 0.25) is 0 Å². The molecule has 0 aliphatic carbocycles. The number of nitrogens with zero attached hydrogens (tertiary/aromatic N) is 2. The Balaban J connectivity index is 1.91. The fourth-order valence-corrected chi connectivity index (χ4v) is 5.23. The number of hydrogen-bond donors (Lipinski definition) is 1. The van der Waals surface area contributed by atoms with E-state index < -0.39 is 10.0 Å². The standard InChI is InChI=1S/C10H7Cl2N3O2S3/c11-7-2-1-6(19-7)5-13-20(16,17)9-8(12)14-10-15(9)3-4-18-10/h1-4,13H,5H2. The van der Waals surface area contributed by atoms with Crippen LogP contribution in [0.3, 0.4) is 0 Å². The van der Waals surface area contributed by atoms with Crippen molar-refractivity contribution >= 4 is 60.9 Å². The summed E-state index contributed by atoms with van der Waals surface area (Å²) in [4.78, 5) is 5.36. The highest BCUT2D eigenvalue weighted by atomic mass is 35.5. The van der Waals surface area contributed by atoms with Gasteiger partial charge in [-0.3, -0.25) is 4.40 Å². The zero-order chi connectivity index (χ0) is 14.3. The van der Waals surface area contributed by atoms with Crippen molar-refractivity contribution in [3.63, 3.8) is 0 Å². The van der Waals surface area contributed by atoms with E-state index in [0.29, 0.717) is 9.30 Å². The Morgan fingerprint density at radius 2 is 2.15 bits per heavy atom. The molecule has 20 heavy (non-hydrogen) atoms. The average Bonchev–Trinajstić information content (AvgIpc) is 3.02. The molecule has 5 nitrogen and oxygen atoms in total. The molecule has 3 heterocycles. The van der Waals surface area contributed by atoms with Gasteiger partial charge in [-0.25, -0.2) is 18.1 Å². The van der Waals surface area contributed by atoms with E-state index in [1.165, 1.54) is 27.1 Å². The maximum absolute atomic E-state index is 12.3. The fourth-order valence-electron chi connectivity index (χ4n) is 1.66. The van der Waals surface area contributed by atoms with Crippen LogP contribution in [-0.2, 0) is 16.6 Å². The van der Waals surface area contributed by atoms with Crippen molar-refractivity contribution < 1.29 is 8.42 Å². The van der Waals surface area contributed by atoms with Crippen LogP contribution in [0.25, 0.3) is 4.96 Å². The lowest BCUT2D eigenvalue weighted by Crippen LogP contribution is -2.24. The summed E-state index contributed by atoms with van der Waals surface area (Å²) in [5.74, 6) is 0. The first-order chi connectivity index (χ1) is 9.47. The maximum atomic E-state index is 12.3. The van der Waals surface area contributed by atoms with Gasteiger partial charge in [-0.2, -0.15) is 0 Å². The summed E-state index contributed by atoms with van der Waals surface area (Å²) in [7, 11) is -3.74. The van der Waals surface area contributed by atoms with E-state index in [4.69, 9.17) is 23.2 Å². The normalized spacial score (nSPS) is 12.3. The lowest BCUT2D eigenvalue weighted by molar-refractivity contribution is 0.577. The Hall–Kier alpha value is -0.640. The molecule has 0 bridgehead atoms. The monoisotopic (exact) mass is 367 g/mol.